The lowest BCUT2D eigenvalue weighted by molar-refractivity contribution is 0.628. The smallest absolute Gasteiger partial charge is 0.123 e. The van der Waals surface area contributed by atoms with Gasteiger partial charge in [-0.15, -0.1) is 11.3 Å². The first-order chi connectivity index (χ1) is 6.25. The fraction of sp³-hybridized carbons (Fsp3) is 0.100. The van der Waals surface area contributed by atoms with E-state index < -0.39 is 0 Å². The molecule has 1 aromatic heterocycles. The number of aromatic nitrogens is 1. The molecule has 0 saturated carbocycles. The summed E-state index contributed by atoms with van der Waals surface area (Å²) in [6.45, 7) is 1.95. The zero-order valence-electron chi connectivity index (χ0n) is 7.12. The summed E-state index contributed by atoms with van der Waals surface area (Å²) in [5.41, 5.74) is 1.98. The molecular weight excluding hydrogens is 185 g/mol. The van der Waals surface area contributed by atoms with Crippen LogP contribution in [-0.4, -0.2) is 4.98 Å². The maximum Gasteiger partial charge on any atom is 0.123 e. The summed E-state index contributed by atoms with van der Waals surface area (Å²) in [5.74, 6) is -0.211. The van der Waals surface area contributed by atoms with Gasteiger partial charge < -0.3 is 0 Å². The highest BCUT2D eigenvalue weighted by Crippen LogP contribution is 2.23. The highest BCUT2D eigenvalue weighted by Gasteiger charge is 2.01. The summed E-state index contributed by atoms with van der Waals surface area (Å²) < 4.78 is 12.6. The second-order valence-electron chi connectivity index (χ2n) is 2.80. The lowest BCUT2D eigenvalue weighted by Crippen LogP contribution is -1.77. The molecule has 0 aliphatic heterocycles. The van der Waals surface area contributed by atoms with Gasteiger partial charge in [0.2, 0.25) is 0 Å². The Labute approximate surface area is 79.9 Å². The molecule has 13 heavy (non-hydrogen) atoms. The Morgan fingerprint density at radius 3 is 2.46 bits per heavy atom. The SMILES string of the molecule is Cc1csc(-c2ccc(F)cc2)n1. The first kappa shape index (κ1) is 8.38. The molecule has 0 aliphatic rings. The molecule has 2 rings (SSSR count). The van der Waals surface area contributed by atoms with Crippen LogP contribution in [0, 0.1) is 12.7 Å². The molecule has 0 atom stereocenters. The average Bonchev–Trinajstić information content (AvgIpc) is 2.53. The zero-order valence-corrected chi connectivity index (χ0v) is 7.94. The van der Waals surface area contributed by atoms with E-state index in [-0.39, 0.29) is 5.82 Å². The number of benzene rings is 1. The first-order valence-corrected chi connectivity index (χ1v) is 4.82. The molecule has 0 fully saturated rings. The van der Waals surface area contributed by atoms with Gasteiger partial charge in [0.25, 0.3) is 0 Å². The highest BCUT2D eigenvalue weighted by atomic mass is 32.1. The van der Waals surface area contributed by atoms with Crippen molar-refractivity contribution in [2.75, 3.05) is 0 Å². The van der Waals surface area contributed by atoms with Crippen molar-refractivity contribution in [1.29, 1.82) is 0 Å². The molecule has 66 valence electrons. The van der Waals surface area contributed by atoms with E-state index in [1.165, 1.54) is 12.1 Å². The third kappa shape index (κ3) is 1.75. The molecule has 0 spiro atoms. The van der Waals surface area contributed by atoms with Gasteiger partial charge in [-0.1, -0.05) is 0 Å². The fourth-order valence-electron chi connectivity index (χ4n) is 1.08. The minimum absolute atomic E-state index is 0.211. The van der Waals surface area contributed by atoms with E-state index in [1.807, 2.05) is 12.3 Å². The summed E-state index contributed by atoms with van der Waals surface area (Å²) in [7, 11) is 0. The van der Waals surface area contributed by atoms with E-state index in [0.29, 0.717) is 0 Å². The van der Waals surface area contributed by atoms with E-state index in [0.717, 1.165) is 16.3 Å². The summed E-state index contributed by atoms with van der Waals surface area (Å²) in [6.07, 6.45) is 0. The number of hydrogen-bond acceptors (Lipinski definition) is 2. The predicted octanol–water partition coefficient (Wildman–Crippen LogP) is 3.26. The third-order valence-corrected chi connectivity index (χ3v) is 2.72. The molecule has 0 bridgehead atoms. The number of nitrogens with zero attached hydrogens (tertiary/aromatic N) is 1. The molecule has 0 N–H and O–H groups in total. The van der Waals surface area contributed by atoms with Gasteiger partial charge in [0, 0.05) is 16.6 Å². The lowest BCUT2D eigenvalue weighted by atomic mass is 10.2. The Morgan fingerprint density at radius 1 is 1.23 bits per heavy atom. The molecule has 1 aromatic carbocycles. The summed E-state index contributed by atoms with van der Waals surface area (Å²) in [4.78, 5) is 4.31. The third-order valence-electron chi connectivity index (χ3n) is 1.71. The number of halogens is 1. The van der Waals surface area contributed by atoms with Crippen molar-refractivity contribution in [2.45, 2.75) is 6.92 Å². The molecule has 0 unspecified atom stereocenters. The number of rotatable bonds is 1. The first-order valence-electron chi connectivity index (χ1n) is 3.94. The summed E-state index contributed by atoms with van der Waals surface area (Å²) in [6, 6.07) is 6.39. The number of thiazole rings is 1. The van der Waals surface area contributed by atoms with Crippen LogP contribution in [0.15, 0.2) is 29.6 Å². The fourth-order valence-corrected chi connectivity index (χ4v) is 1.88. The topological polar surface area (TPSA) is 12.9 Å². The van der Waals surface area contributed by atoms with Crippen molar-refractivity contribution in [3.05, 3.63) is 41.2 Å². The quantitative estimate of drug-likeness (QED) is 0.677. The Kier molecular flexibility index (Phi) is 2.10. The molecule has 0 aliphatic carbocycles. The predicted molar refractivity (Wildman–Crippen MR) is 52.2 cm³/mol. The van der Waals surface area contributed by atoms with Crippen LogP contribution >= 0.6 is 11.3 Å². The van der Waals surface area contributed by atoms with Crippen molar-refractivity contribution >= 4 is 11.3 Å². The van der Waals surface area contributed by atoms with Crippen LogP contribution in [0.25, 0.3) is 10.6 Å². The van der Waals surface area contributed by atoms with E-state index in [1.54, 1.807) is 23.5 Å². The summed E-state index contributed by atoms with van der Waals surface area (Å²) >= 11 is 1.57. The Hall–Kier alpha value is -1.22. The van der Waals surface area contributed by atoms with Gasteiger partial charge >= 0.3 is 0 Å². The minimum Gasteiger partial charge on any atom is -0.241 e. The lowest BCUT2D eigenvalue weighted by Gasteiger charge is -1.94. The van der Waals surface area contributed by atoms with Crippen LogP contribution in [0.3, 0.4) is 0 Å². The van der Waals surface area contributed by atoms with Gasteiger partial charge in [-0.05, 0) is 31.2 Å². The van der Waals surface area contributed by atoms with Crippen molar-refractivity contribution in [3.8, 4) is 10.6 Å². The van der Waals surface area contributed by atoms with Crippen LogP contribution in [0.2, 0.25) is 0 Å². The molecule has 3 heteroatoms. The molecule has 1 heterocycles. The van der Waals surface area contributed by atoms with E-state index in [2.05, 4.69) is 4.98 Å². The Morgan fingerprint density at radius 2 is 1.92 bits per heavy atom. The molecule has 0 amide bonds. The summed E-state index contributed by atoms with van der Waals surface area (Å²) in [5, 5.41) is 2.93. The second-order valence-corrected chi connectivity index (χ2v) is 3.66. The minimum atomic E-state index is -0.211. The monoisotopic (exact) mass is 193 g/mol. The van der Waals surface area contributed by atoms with Crippen LogP contribution in [0.5, 0.6) is 0 Å². The van der Waals surface area contributed by atoms with Gasteiger partial charge in [0.15, 0.2) is 0 Å². The van der Waals surface area contributed by atoms with Gasteiger partial charge in [-0.25, -0.2) is 9.37 Å². The van der Waals surface area contributed by atoms with Crippen molar-refractivity contribution in [3.63, 3.8) is 0 Å². The average molecular weight is 193 g/mol. The molecule has 2 aromatic rings. The molecular formula is C10H8FNS. The van der Waals surface area contributed by atoms with Gasteiger partial charge in [-0.3, -0.25) is 0 Å². The number of hydrogen-bond donors (Lipinski definition) is 0. The highest BCUT2D eigenvalue weighted by molar-refractivity contribution is 7.13. The Bertz CT molecular complexity index is 405. The van der Waals surface area contributed by atoms with Crippen molar-refractivity contribution < 1.29 is 4.39 Å². The van der Waals surface area contributed by atoms with Gasteiger partial charge in [0.05, 0.1) is 0 Å². The standard InChI is InChI=1S/C10H8FNS/c1-7-6-13-10(12-7)8-2-4-9(11)5-3-8/h2-6H,1H3. The van der Waals surface area contributed by atoms with Crippen LogP contribution in [0.4, 0.5) is 4.39 Å². The molecule has 0 saturated heterocycles. The second kappa shape index (κ2) is 3.26. The molecule has 1 nitrogen and oxygen atoms in total. The van der Waals surface area contributed by atoms with Crippen molar-refractivity contribution in [2.24, 2.45) is 0 Å². The van der Waals surface area contributed by atoms with E-state index >= 15 is 0 Å². The van der Waals surface area contributed by atoms with E-state index in [9.17, 15) is 4.39 Å². The van der Waals surface area contributed by atoms with Crippen LogP contribution in [0.1, 0.15) is 5.69 Å². The number of aryl methyl sites for hydroxylation is 1. The van der Waals surface area contributed by atoms with Crippen LogP contribution < -0.4 is 0 Å². The zero-order chi connectivity index (χ0) is 9.26. The molecule has 0 radical (unpaired) electrons. The normalized spacial score (nSPS) is 10.3. The van der Waals surface area contributed by atoms with Crippen molar-refractivity contribution in [1.82, 2.24) is 4.98 Å². The maximum atomic E-state index is 12.6. The van der Waals surface area contributed by atoms with Gasteiger partial charge in [-0.2, -0.15) is 0 Å². The maximum absolute atomic E-state index is 12.6. The van der Waals surface area contributed by atoms with Crippen LogP contribution in [-0.2, 0) is 0 Å². The largest absolute Gasteiger partial charge is 0.241 e. The van der Waals surface area contributed by atoms with Gasteiger partial charge in [0.1, 0.15) is 10.8 Å². The Balaban J connectivity index is 2.41. The van der Waals surface area contributed by atoms with E-state index in [4.69, 9.17) is 0 Å².